The zero-order valence-corrected chi connectivity index (χ0v) is 12.2. The van der Waals surface area contributed by atoms with E-state index in [2.05, 4.69) is 0 Å². The van der Waals surface area contributed by atoms with E-state index in [-0.39, 0.29) is 13.2 Å². The van der Waals surface area contributed by atoms with Crippen LogP contribution in [0.5, 0.6) is 0 Å². The Morgan fingerprint density at radius 3 is 2.45 bits per heavy atom. The molecule has 1 aromatic rings. The molecule has 7 nitrogen and oxygen atoms in total. The monoisotopic (exact) mass is 312 g/mol. The molecule has 1 aromatic carbocycles. The second-order valence-electron chi connectivity index (χ2n) is 5.11. The number of aliphatic hydroxyl groups excluding tert-OH is 3. The van der Waals surface area contributed by atoms with Crippen LogP contribution in [0.15, 0.2) is 30.3 Å². The van der Waals surface area contributed by atoms with Gasteiger partial charge in [-0.2, -0.15) is 0 Å². The van der Waals surface area contributed by atoms with Gasteiger partial charge < -0.3 is 29.5 Å². The van der Waals surface area contributed by atoms with E-state index in [1.54, 1.807) is 0 Å². The highest BCUT2D eigenvalue weighted by molar-refractivity contribution is 5.65. The van der Waals surface area contributed by atoms with E-state index >= 15 is 0 Å². The van der Waals surface area contributed by atoms with Gasteiger partial charge in [0.1, 0.15) is 31.0 Å². The van der Waals surface area contributed by atoms with E-state index in [1.807, 2.05) is 30.3 Å². The van der Waals surface area contributed by atoms with E-state index in [4.69, 9.17) is 14.2 Å². The largest absolute Gasteiger partial charge is 0.463 e. The number of carbonyl (C=O) groups excluding carboxylic acids is 1. The lowest BCUT2D eigenvalue weighted by molar-refractivity contribution is -0.304. The fraction of sp³-hybridized carbons (Fsp3) is 0.533. The lowest BCUT2D eigenvalue weighted by Crippen LogP contribution is -2.59. The van der Waals surface area contributed by atoms with E-state index in [9.17, 15) is 20.1 Å². The summed E-state index contributed by atoms with van der Waals surface area (Å²) >= 11 is 0. The molecular weight excluding hydrogens is 292 g/mol. The summed E-state index contributed by atoms with van der Waals surface area (Å²) in [6.45, 7) is 1.17. The van der Waals surface area contributed by atoms with Crippen LogP contribution in [0.4, 0.5) is 0 Å². The molecule has 1 aliphatic heterocycles. The average molecular weight is 312 g/mol. The van der Waals surface area contributed by atoms with Crippen LogP contribution in [0.25, 0.3) is 0 Å². The maximum absolute atomic E-state index is 10.8. The molecule has 22 heavy (non-hydrogen) atoms. The molecule has 1 fully saturated rings. The third kappa shape index (κ3) is 4.25. The van der Waals surface area contributed by atoms with Crippen molar-refractivity contribution in [2.75, 3.05) is 6.61 Å². The minimum Gasteiger partial charge on any atom is -0.463 e. The van der Waals surface area contributed by atoms with Crippen molar-refractivity contribution >= 4 is 5.97 Å². The summed E-state index contributed by atoms with van der Waals surface area (Å²) in [5.74, 6) is -0.529. The second kappa shape index (κ2) is 7.66. The van der Waals surface area contributed by atoms with E-state index in [1.165, 1.54) is 6.92 Å². The zero-order chi connectivity index (χ0) is 16.1. The van der Waals surface area contributed by atoms with Gasteiger partial charge in [0.25, 0.3) is 0 Å². The van der Waals surface area contributed by atoms with Crippen LogP contribution in [-0.4, -0.2) is 58.6 Å². The predicted molar refractivity (Wildman–Crippen MR) is 74.5 cm³/mol. The van der Waals surface area contributed by atoms with Gasteiger partial charge in [-0.1, -0.05) is 30.3 Å². The topological polar surface area (TPSA) is 105 Å². The summed E-state index contributed by atoms with van der Waals surface area (Å²) in [5.41, 5.74) is 0.871. The smallest absolute Gasteiger partial charge is 0.302 e. The number of ether oxygens (including phenoxy) is 3. The zero-order valence-electron chi connectivity index (χ0n) is 12.2. The van der Waals surface area contributed by atoms with Crippen LogP contribution in [0.3, 0.4) is 0 Å². The summed E-state index contributed by atoms with van der Waals surface area (Å²) in [6.07, 6.45) is -6.31. The van der Waals surface area contributed by atoms with Crippen LogP contribution in [0.2, 0.25) is 0 Å². The van der Waals surface area contributed by atoms with Crippen LogP contribution in [0.1, 0.15) is 12.5 Å². The van der Waals surface area contributed by atoms with Gasteiger partial charge in [0.15, 0.2) is 6.29 Å². The molecule has 122 valence electrons. The summed E-state index contributed by atoms with van der Waals surface area (Å²) in [4.78, 5) is 10.8. The van der Waals surface area contributed by atoms with E-state index in [0.29, 0.717) is 0 Å². The van der Waals surface area contributed by atoms with Crippen molar-refractivity contribution in [1.29, 1.82) is 0 Å². The number of hydrogen-bond donors (Lipinski definition) is 3. The van der Waals surface area contributed by atoms with Gasteiger partial charge in [-0.05, 0) is 5.56 Å². The first-order valence-corrected chi connectivity index (χ1v) is 6.97. The highest BCUT2D eigenvalue weighted by atomic mass is 16.7. The molecular formula is C15H20O7. The quantitative estimate of drug-likeness (QED) is 0.634. The summed E-state index contributed by atoms with van der Waals surface area (Å²) in [6, 6.07) is 9.25. The molecule has 2 rings (SSSR count). The number of aliphatic hydroxyl groups is 3. The molecule has 0 aliphatic carbocycles. The molecule has 0 radical (unpaired) electrons. The fourth-order valence-electron chi connectivity index (χ4n) is 2.14. The molecule has 0 aromatic heterocycles. The normalized spacial score (nSPS) is 31.7. The predicted octanol–water partition coefficient (Wildman–Crippen LogP) is -0.426. The van der Waals surface area contributed by atoms with Crippen LogP contribution >= 0.6 is 0 Å². The number of carbonyl (C=O) groups is 1. The van der Waals surface area contributed by atoms with E-state index in [0.717, 1.165) is 5.56 Å². The Labute approximate surface area is 128 Å². The first-order valence-electron chi connectivity index (χ1n) is 6.97. The third-order valence-corrected chi connectivity index (χ3v) is 3.38. The maximum atomic E-state index is 10.8. The maximum Gasteiger partial charge on any atom is 0.302 e. The van der Waals surface area contributed by atoms with Crippen LogP contribution < -0.4 is 0 Å². The number of esters is 1. The van der Waals surface area contributed by atoms with Gasteiger partial charge in [0, 0.05) is 6.92 Å². The van der Waals surface area contributed by atoms with Crippen molar-refractivity contribution in [3.05, 3.63) is 35.9 Å². The Morgan fingerprint density at radius 2 is 1.82 bits per heavy atom. The van der Waals surface area contributed by atoms with Gasteiger partial charge in [-0.3, -0.25) is 4.79 Å². The van der Waals surface area contributed by atoms with Crippen molar-refractivity contribution in [1.82, 2.24) is 0 Å². The van der Waals surface area contributed by atoms with Crippen molar-refractivity contribution in [2.45, 2.75) is 44.2 Å². The van der Waals surface area contributed by atoms with Crippen LogP contribution in [-0.2, 0) is 25.6 Å². The van der Waals surface area contributed by atoms with Crippen molar-refractivity contribution < 1.29 is 34.3 Å². The van der Waals surface area contributed by atoms with Crippen molar-refractivity contribution in [3.63, 3.8) is 0 Å². The molecule has 0 bridgehead atoms. The van der Waals surface area contributed by atoms with Gasteiger partial charge in [-0.15, -0.1) is 0 Å². The van der Waals surface area contributed by atoms with Gasteiger partial charge in [-0.25, -0.2) is 0 Å². The summed E-state index contributed by atoms with van der Waals surface area (Å²) in [7, 11) is 0. The standard InChI is InChI=1S/C15H20O7/c1-9(16)20-8-11-12(17)13(18)14(19)15(22-11)21-7-10-5-3-2-4-6-10/h2-6,11-15,17-19H,7-8H2,1H3/t11-,12-,13+,14-,15+/m0/s1. The lowest BCUT2D eigenvalue weighted by atomic mass is 9.99. The Kier molecular flexibility index (Phi) is 5.87. The first-order chi connectivity index (χ1) is 10.5. The van der Waals surface area contributed by atoms with Crippen LogP contribution in [0, 0.1) is 0 Å². The molecule has 5 atom stereocenters. The molecule has 0 saturated carbocycles. The molecule has 1 saturated heterocycles. The minimum atomic E-state index is -1.45. The average Bonchev–Trinajstić information content (AvgIpc) is 2.52. The first kappa shape index (κ1) is 16.9. The second-order valence-corrected chi connectivity index (χ2v) is 5.11. The van der Waals surface area contributed by atoms with Gasteiger partial charge >= 0.3 is 5.97 Å². The SMILES string of the molecule is CC(=O)OC[C@@H]1O[C@@H](OCc2ccccc2)[C@@H](O)[C@H](O)[C@H]1O. The Bertz CT molecular complexity index is 478. The molecule has 3 N–H and O–H groups in total. The van der Waals surface area contributed by atoms with E-state index < -0.39 is 36.7 Å². The third-order valence-electron chi connectivity index (χ3n) is 3.38. The van der Waals surface area contributed by atoms with Gasteiger partial charge in [0.05, 0.1) is 6.61 Å². The molecule has 0 unspecified atom stereocenters. The molecule has 0 amide bonds. The Morgan fingerprint density at radius 1 is 1.14 bits per heavy atom. The number of hydrogen-bond acceptors (Lipinski definition) is 7. The fourth-order valence-corrected chi connectivity index (χ4v) is 2.14. The molecule has 0 spiro atoms. The highest BCUT2D eigenvalue weighted by Crippen LogP contribution is 2.23. The summed E-state index contributed by atoms with van der Waals surface area (Å²) < 4.78 is 15.6. The Balaban J connectivity index is 1.95. The number of rotatable bonds is 5. The minimum absolute atomic E-state index is 0.172. The lowest BCUT2D eigenvalue weighted by Gasteiger charge is -2.39. The molecule has 1 heterocycles. The van der Waals surface area contributed by atoms with Crippen molar-refractivity contribution in [2.24, 2.45) is 0 Å². The molecule has 1 aliphatic rings. The number of benzene rings is 1. The summed E-state index contributed by atoms with van der Waals surface area (Å²) in [5, 5.41) is 29.6. The molecule has 7 heteroatoms. The van der Waals surface area contributed by atoms with Gasteiger partial charge in [0.2, 0.25) is 0 Å². The van der Waals surface area contributed by atoms with Crippen molar-refractivity contribution in [3.8, 4) is 0 Å². The Hall–Kier alpha value is -1.51. The highest BCUT2D eigenvalue weighted by Gasteiger charge is 2.44.